The van der Waals surface area contributed by atoms with Gasteiger partial charge in [0.05, 0.1) is 19.8 Å². The summed E-state index contributed by atoms with van der Waals surface area (Å²) >= 11 is 0. The number of hydrogen-bond acceptors (Lipinski definition) is 4. The van der Waals surface area contributed by atoms with Gasteiger partial charge in [-0.1, -0.05) is 36.4 Å². The molecule has 2 rings (SSSR count). The first-order chi connectivity index (χ1) is 12.1. The van der Waals surface area contributed by atoms with Crippen LogP contribution in [0.5, 0.6) is 0 Å². The number of halogens is 1. The number of carbonyl (C=O) groups excluding carboxylic acids is 1. The lowest BCUT2D eigenvalue weighted by atomic mass is 10.1. The van der Waals surface area contributed by atoms with E-state index in [9.17, 15) is 4.79 Å². The monoisotopic (exact) mass is 378 g/mol. The molecule has 142 valence electrons. The van der Waals surface area contributed by atoms with Crippen LogP contribution in [-0.2, 0) is 16.0 Å². The van der Waals surface area contributed by atoms with Gasteiger partial charge in [-0.2, -0.15) is 0 Å². The Kier molecular flexibility index (Phi) is 9.73. The number of hydrogen-bond donors (Lipinski definition) is 1. The molecule has 0 spiro atoms. The van der Waals surface area contributed by atoms with Gasteiger partial charge < -0.3 is 20.1 Å². The minimum atomic E-state index is -0.0380. The largest absolute Gasteiger partial charge is 0.399 e. The molecule has 2 aromatic carbocycles. The number of anilines is 1. The van der Waals surface area contributed by atoms with Crippen molar-refractivity contribution in [3.05, 3.63) is 65.2 Å². The lowest BCUT2D eigenvalue weighted by Gasteiger charge is -2.24. The number of aryl methyl sites for hydroxylation is 1. The SMILES string of the molecule is COCCOCCN(Cc1ccccc1)C(=O)c1cc(N)ccc1C.Cl. The molecule has 0 radical (unpaired) electrons. The average Bonchev–Trinajstić information content (AvgIpc) is 2.63. The molecule has 2 N–H and O–H groups in total. The molecule has 26 heavy (non-hydrogen) atoms. The highest BCUT2D eigenvalue weighted by Crippen LogP contribution is 2.17. The van der Waals surface area contributed by atoms with Crippen LogP contribution in [0.2, 0.25) is 0 Å². The third kappa shape index (κ3) is 6.67. The fourth-order valence-electron chi connectivity index (χ4n) is 2.52. The summed E-state index contributed by atoms with van der Waals surface area (Å²) in [6.07, 6.45) is 0. The summed E-state index contributed by atoms with van der Waals surface area (Å²) in [7, 11) is 1.64. The molecule has 0 aromatic heterocycles. The van der Waals surface area contributed by atoms with E-state index in [1.165, 1.54) is 0 Å². The van der Waals surface area contributed by atoms with Gasteiger partial charge in [0.25, 0.3) is 5.91 Å². The number of carbonyl (C=O) groups is 1. The van der Waals surface area contributed by atoms with Crippen molar-refractivity contribution >= 4 is 24.0 Å². The van der Waals surface area contributed by atoms with Crippen LogP contribution in [0.3, 0.4) is 0 Å². The molecular formula is C20H27ClN2O3. The molecule has 0 saturated heterocycles. The molecular weight excluding hydrogens is 352 g/mol. The molecule has 0 aliphatic carbocycles. The van der Waals surface area contributed by atoms with Crippen LogP contribution in [0.1, 0.15) is 21.5 Å². The van der Waals surface area contributed by atoms with E-state index < -0.39 is 0 Å². The Morgan fingerprint density at radius 1 is 1.08 bits per heavy atom. The van der Waals surface area contributed by atoms with Crippen LogP contribution >= 0.6 is 12.4 Å². The number of nitrogens with zero attached hydrogens (tertiary/aromatic N) is 1. The van der Waals surface area contributed by atoms with Crippen molar-refractivity contribution < 1.29 is 14.3 Å². The summed E-state index contributed by atoms with van der Waals surface area (Å²) in [5, 5.41) is 0. The van der Waals surface area contributed by atoms with E-state index in [0.29, 0.717) is 44.2 Å². The van der Waals surface area contributed by atoms with Gasteiger partial charge >= 0.3 is 0 Å². The lowest BCUT2D eigenvalue weighted by molar-refractivity contribution is 0.0476. The molecule has 0 fully saturated rings. The number of ether oxygens (including phenoxy) is 2. The highest BCUT2D eigenvalue weighted by atomic mass is 35.5. The maximum Gasteiger partial charge on any atom is 0.254 e. The van der Waals surface area contributed by atoms with Gasteiger partial charge in [-0.05, 0) is 30.2 Å². The first-order valence-electron chi connectivity index (χ1n) is 8.38. The predicted molar refractivity (Wildman–Crippen MR) is 107 cm³/mol. The first-order valence-corrected chi connectivity index (χ1v) is 8.38. The van der Waals surface area contributed by atoms with Crippen molar-refractivity contribution in [2.75, 3.05) is 39.2 Å². The van der Waals surface area contributed by atoms with Crippen LogP contribution < -0.4 is 5.73 Å². The maximum absolute atomic E-state index is 13.0. The van der Waals surface area contributed by atoms with Gasteiger partial charge in [-0.3, -0.25) is 4.79 Å². The highest BCUT2D eigenvalue weighted by Gasteiger charge is 2.18. The zero-order valence-corrected chi connectivity index (χ0v) is 16.1. The molecule has 2 aromatic rings. The quantitative estimate of drug-likeness (QED) is 0.537. The van der Waals surface area contributed by atoms with E-state index in [4.69, 9.17) is 15.2 Å². The minimum absolute atomic E-state index is 0. The van der Waals surface area contributed by atoms with Crippen LogP contribution in [0.25, 0.3) is 0 Å². The van der Waals surface area contributed by atoms with Gasteiger partial charge in [0, 0.05) is 31.5 Å². The number of amides is 1. The van der Waals surface area contributed by atoms with Crippen molar-refractivity contribution in [2.24, 2.45) is 0 Å². The van der Waals surface area contributed by atoms with E-state index >= 15 is 0 Å². The van der Waals surface area contributed by atoms with Gasteiger partial charge in [-0.15, -0.1) is 12.4 Å². The molecule has 0 saturated carbocycles. The highest BCUT2D eigenvalue weighted by molar-refractivity contribution is 5.96. The van der Waals surface area contributed by atoms with E-state index in [2.05, 4.69) is 0 Å². The van der Waals surface area contributed by atoms with Crippen molar-refractivity contribution in [1.29, 1.82) is 0 Å². The van der Waals surface area contributed by atoms with Gasteiger partial charge in [0.15, 0.2) is 0 Å². The Morgan fingerprint density at radius 3 is 2.50 bits per heavy atom. The fourth-order valence-corrected chi connectivity index (χ4v) is 2.52. The van der Waals surface area contributed by atoms with Crippen LogP contribution in [0.4, 0.5) is 5.69 Å². The Labute approximate surface area is 161 Å². The third-order valence-corrected chi connectivity index (χ3v) is 3.93. The molecule has 0 unspecified atom stereocenters. The topological polar surface area (TPSA) is 64.8 Å². The molecule has 0 bridgehead atoms. The first kappa shape index (κ1) is 22.0. The molecule has 0 heterocycles. The summed E-state index contributed by atoms with van der Waals surface area (Å²) < 4.78 is 10.5. The fraction of sp³-hybridized carbons (Fsp3) is 0.350. The predicted octanol–water partition coefficient (Wildman–Crippen LogP) is 3.30. The standard InChI is InChI=1S/C20H26N2O3.ClH/c1-16-8-9-18(21)14-19(16)20(23)22(10-11-25-13-12-24-2)15-17-6-4-3-5-7-17;/h3-9,14H,10-13,15,21H2,1-2H3;1H. The zero-order valence-electron chi connectivity index (χ0n) is 15.3. The van der Waals surface area contributed by atoms with Crippen molar-refractivity contribution in [1.82, 2.24) is 4.90 Å². The maximum atomic E-state index is 13.0. The summed E-state index contributed by atoms with van der Waals surface area (Å²) in [6.45, 7) is 4.47. The summed E-state index contributed by atoms with van der Waals surface area (Å²) in [6, 6.07) is 15.3. The molecule has 1 amide bonds. The third-order valence-electron chi connectivity index (χ3n) is 3.93. The smallest absolute Gasteiger partial charge is 0.254 e. The van der Waals surface area contributed by atoms with E-state index in [1.54, 1.807) is 18.1 Å². The van der Waals surface area contributed by atoms with Gasteiger partial charge in [0.1, 0.15) is 0 Å². The number of nitrogen functional groups attached to an aromatic ring is 1. The molecule has 0 atom stereocenters. The summed E-state index contributed by atoms with van der Waals surface area (Å²) in [5.74, 6) is -0.0380. The Balaban J connectivity index is 0.00000338. The van der Waals surface area contributed by atoms with Gasteiger partial charge in [-0.25, -0.2) is 0 Å². The second kappa shape index (κ2) is 11.5. The van der Waals surface area contributed by atoms with E-state index in [0.717, 1.165) is 11.1 Å². The Bertz CT molecular complexity index is 680. The van der Waals surface area contributed by atoms with E-state index in [1.807, 2.05) is 49.4 Å². The number of rotatable bonds is 9. The van der Waals surface area contributed by atoms with Crippen molar-refractivity contribution in [2.45, 2.75) is 13.5 Å². The van der Waals surface area contributed by atoms with Crippen LogP contribution in [0.15, 0.2) is 48.5 Å². The zero-order chi connectivity index (χ0) is 18.1. The van der Waals surface area contributed by atoms with Crippen molar-refractivity contribution in [3.63, 3.8) is 0 Å². The van der Waals surface area contributed by atoms with Gasteiger partial charge in [0.2, 0.25) is 0 Å². The molecule has 5 nitrogen and oxygen atoms in total. The number of methoxy groups -OCH3 is 1. The Hall–Kier alpha value is -2.08. The van der Waals surface area contributed by atoms with Crippen molar-refractivity contribution in [3.8, 4) is 0 Å². The van der Waals surface area contributed by atoms with Crippen LogP contribution in [-0.4, -0.2) is 44.3 Å². The second-order valence-corrected chi connectivity index (χ2v) is 5.89. The van der Waals surface area contributed by atoms with Crippen LogP contribution in [0, 0.1) is 6.92 Å². The molecule has 0 aliphatic heterocycles. The summed E-state index contributed by atoms with van der Waals surface area (Å²) in [4.78, 5) is 14.8. The second-order valence-electron chi connectivity index (χ2n) is 5.89. The lowest BCUT2D eigenvalue weighted by Crippen LogP contribution is -2.34. The van der Waals surface area contributed by atoms with E-state index in [-0.39, 0.29) is 18.3 Å². The molecule has 6 heteroatoms. The molecule has 0 aliphatic rings. The number of nitrogens with two attached hydrogens (primary N) is 1. The average molecular weight is 379 g/mol. The normalized spacial score (nSPS) is 10.2. The Morgan fingerprint density at radius 2 is 1.81 bits per heavy atom. The number of benzene rings is 2. The minimum Gasteiger partial charge on any atom is -0.399 e. The summed E-state index contributed by atoms with van der Waals surface area (Å²) in [5.41, 5.74) is 9.08.